The first kappa shape index (κ1) is 20.1. The maximum atomic E-state index is 12.4. The third-order valence-corrected chi connectivity index (χ3v) is 4.62. The summed E-state index contributed by atoms with van der Waals surface area (Å²) >= 11 is 0. The molecule has 150 valence electrons. The van der Waals surface area contributed by atoms with E-state index in [1.54, 1.807) is 13.3 Å². The van der Waals surface area contributed by atoms with Crippen LogP contribution in [0.15, 0.2) is 48.8 Å². The molecule has 2 aromatic rings. The topological polar surface area (TPSA) is 75.7 Å². The lowest BCUT2D eigenvalue weighted by Crippen LogP contribution is -2.48. The molecular formula is C21H28N4O3. The minimum Gasteiger partial charge on any atom is -0.491 e. The molecule has 2 amide bonds. The summed E-state index contributed by atoms with van der Waals surface area (Å²) in [6.45, 7) is 3.73. The van der Waals surface area contributed by atoms with Crippen LogP contribution in [0.1, 0.15) is 18.4 Å². The smallest absolute Gasteiger partial charge is 0.319 e. The van der Waals surface area contributed by atoms with E-state index >= 15 is 0 Å². The number of likely N-dealkylation sites (tertiary alicyclic amines) is 1. The van der Waals surface area contributed by atoms with E-state index in [0.29, 0.717) is 24.7 Å². The van der Waals surface area contributed by atoms with Crippen LogP contribution in [0.4, 0.5) is 10.5 Å². The molecule has 0 saturated carbocycles. The lowest BCUT2D eigenvalue weighted by atomic mass is 10.1. The van der Waals surface area contributed by atoms with Gasteiger partial charge in [0.2, 0.25) is 0 Å². The van der Waals surface area contributed by atoms with Crippen molar-refractivity contribution in [2.75, 3.05) is 38.7 Å². The average molecular weight is 384 g/mol. The van der Waals surface area contributed by atoms with Gasteiger partial charge in [0.05, 0.1) is 6.61 Å². The van der Waals surface area contributed by atoms with E-state index in [-0.39, 0.29) is 12.1 Å². The molecular weight excluding hydrogens is 356 g/mol. The Labute approximate surface area is 166 Å². The Bertz CT molecular complexity index is 741. The minimum atomic E-state index is -0.192. The van der Waals surface area contributed by atoms with E-state index in [0.717, 1.165) is 32.5 Å². The number of carbonyl (C=O) groups is 1. The van der Waals surface area contributed by atoms with Crippen LogP contribution in [0.2, 0.25) is 0 Å². The summed E-state index contributed by atoms with van der Waals surface area (Å²) in [4.78, 5) is 18.9. The van der Waals surface area contributed by atoms with Gasteiger partial charge in [0.15, 0.2) is 0 Å². The predicted octanol–water partition coefficient (Wildman–Crippen LogP) is 2.89. The normalized spacial score (nSPS) is 17.1. The van der Waals surface area contributed by atoms with Gasteiger partial charge in [0.25, 0.3) is 0 Å². The van der Waals surface area contributed by atoms with E-state index in [1.807, 2.05) is 36.5 Å². The van der Waals surface area contributed by atoms with Gasteiger partial charge >= 0.3 is 6.03 Å². The van der Waals surface area contributed by atoms with Gasteiger partial charge in [-0.1, -0.05) is 12.1 Å². The number of nitrogens with one attached hydrogen (secondary N) is 2. The van der Waals surface area contributed by atoms with Gasteiger partial charge in [-0.3, -0.25) is 9.88 Å². The lowest BCUT2D eigenvalue weighted by Gasteiger charge is -2.33. The number of nitrogens with zero attached hydrogens (tertiary/aromatic N) is 2. The zero-order valence-corrected chi connectivity index (χ0v) is 16.3. The van der Waals surface area contributed by atoms with Gasteiger partial charge in [0, 0.05) is 50.4 Å². The molecule has 1 aliphatic rings. The van der Waals surface area contributed by atoms with Gasteiger partial charge in [0.1, 0.15) is 12.4 Å². The Morgan fingerprint density at radius 2 is 2.21 bits per heavy atom. The molecule has 0 aliphatic carbocycles. The molecule has 7 heteroatoms. The van der Waals surface area contributed by atoms with Gasteiger partial charge in [-0.2, -0.15) is 0 Å². The number of hydrogen-bond acceptors (Lipinski definition) is 5. The third kappa shape index (κ3) is 6.51. The van der Waals surface area contributed by atoms with Gasteiger partial charge in [-0.25, -0.2) is 4.79 Å². The quantitative estimate of drug-likeness (QED) is 0.685. The first-order chi connectivity index (χ1) is 13.7. The van der Waals surface area contributed by atoms with Crippen LogP contribution < -0.4 is 15.4 Å². The largest absolute Gasteiger partial charge is 0.491 e. The fourth-order valence-electron chi connectivity index (χ4n) is 3.33. The lowest BCUT2D eigenvalue weighted by molar-refractivity contribution is 0.146. The number of rotatable bonds is 8. The van der Waals surface area contributed by atoms with Gasteiger partial charge in [-0.15, -0.1) is 0 Å². The zero-order valence-electron chi connectivity index (χ0n) is 16.3. The highest BCUT2D eigenvalue weighted by Gasteiger charge is 2.21. The van der Waals surface area contributed by atoms with Gasteiger partial charge in [-0.05, 0) is 43.1 Å². The van der Waals surface area contributed by atoms with Crippen molar-refractivity contribution < 1.29 is 14.3 Å². The molecule has 1 aromatic carbocycles. The van der Waals surface area contributed by atoms with Crippen molar-refractivity contribution in [2.45, 2.75) is 25.4 Å². The van der Waals surface area contributed by atoms with Crippen molar-refractivity contribution in [3.63, 3.8) is 0 Å². The van der Waals surface area contributed by atoms with Crippen molar-refractivity contribution in [3.8, 4) is 5.75 Å². The van der Waals surface area contributed by atoms with E-state index in [1.165, 1.54) is 5.56 Å². The second-order valence-corrected chi connectivity index (χ2v) is 6.90. The molecule has 1 aromatic heterocycles. The molecule has 0 unspecified atom stereocenters. The van der Waals surface area contributed by atoms with Crippen LogP contribution in [-0.4, -0.2) is 55.4 Å². The molecule has 1 atom stereocenters. The Morgan fingerprint density at radius 1 is 1.29 bits per heavy atom. The summed E-state index contributed by atoms with van der Waals surface area (Å²) in [5.74, 6) is 0.704. The number of piperidine rings is 1. The highest BCUT2D eigenvalue weighted by molar-refractivity contribution is 5.89. The van der Waals surface area contributed by atoms with E-state index in [4.69, 9.17) is 9.47 Å². The monoisotopic (exact) mass is 384 g/mol. The number of amides is 2. The Hall–Kier alpha value is -2.64. The molecule has 1 saturated heterocycles. The number of ether oxygens (including phenoxy) is 2. The predicted molar refractivity (Wildman–Crippen MR) is 109 cm³/mol. The van der Waals surface area contributed by atoms with Crippen molar-refractivity contribution in [1.29, 1.82) is 0 Å². The summed E-state index contributed by atoms with van der Waals surface area (Å²) in [5, 5.41) is 5.98. The number of methoxy groups -OCH3 is 1. The molecule has 2 heterocycles. The molecule has 3 rings (SSSR count). The van der Waals surface area contributed by atoms with Crippen molar-refractivity contribution in [3.05, 3.63) is 54.4 Å². The molecule has 0 bridgehead atoms. The summed E-state index contributed by atoms with van der Waals surface area (Å²) < 4.78 is 10.6. The fourth-order valence-corrected chi connectivity index (χ4v) is 3.33. The standard InChI is InChI=1S/C21H28N4O3/c1-27-11-12-28-20-8-2-6-18(13-20)23-21(26)24-19-7-4-10-25(16-19)15-17-5-3-9-22-14-17/h2-3,5-6,8-9,13-14,19H,4,7,10-12,15-16H2,1H3,(H2,23,24,26)/t19-/m0/s1. The summed E-state index contributed by atoms with van der Waals surface area (Å²) in [5.41, 5.74) is 1.90. The average Bonchev–Trinajstić information content (AvgIpc) is 2.69. The SMILES string of the molecule is COCCOc1cccc(NC(=O)N[C@H]2CCCN(Cc3cccnc3)C2)c1. The summed E-state index contributed by atoms with van der Waals surface area (Å²) in [7, 11) is 1.63. The number of urea groups is 1. The maximum Gasteiger partial charge on any atom is 0.319 e. The van der Waals surface area contributed by atoms with Crippen molar-refractivity contribution >= 4 is 11.7 Å². The zero-order chi connectivity index (χ0) is 19.6. The molecule has 2 N–H and O–H groups in total. The first-order valence-corrected chi connectivity index (χ1v) is 9.63. The van der Waals surface area contributed by atoms with Crippen LogP contribution in [-0.2, 0) is 11.3 Å². The van der Waals surface area contributed by atoms with E-state index in [9.17, 15) is 4.79 Å². The Morgan fingerprint density at radius 3 is 3.04 bits per heavy atom. The van der Waals surface area contributed by atoms with Crippen LogP contribution in [0.25, 0.3) is 0 Å². The highest BCUT2D eigenvalue weighted by atomic mass is 16.5. The maximum absolute atomic E-state index is 12.4. The molecule has 28 heavy (non-hydrogen) atoms. The number of aromatic nitrogens is 1. The van der Waals surface area contributed by atoms with E-state index in [2.05, 4.69) is 26.6 Å². The second kappa shape index (κ2) is 10.6. The highest BCUT2D eigenvalue weighted by Crippen LogP contribution is 2.18. The number of benzene rings is 1. The number of hydrogen-bond donors (Lipinski definition) is 2. The molecule has 1 fully saturated rings. The van der Waals surface area contributed by atoms with Crippen molar-refractivity contribution in [2.24, 2.45) is 0 Å². The van der Waals surface area contributed by atoms with Crippen molar-refractivity contribution in [1.82, 2.24) is 15.2 Å². The number of anilines is 1. The Kier molecular flexibility index (Phi) is 7.63. The summed E-state index contributed by atoms with van der Waals surface area (Å²) in [6.07, 6.45) is 5.72. The van der Waals surface area contributed by atoms with Crippen LogP contribution in [0, 0.1) is 0 Å². The molecule has 7 nitrogen and oxygen atoms in total. The third-order valence-electron chi connectivity index (χ3n) is 4.62. The second-order valence-electron chi connectivity index (χ2n) is 6.90. The fraction of sp³-hybridized carbons (Fsp3) is 0.429. The van der Waals surface area contributed by atoms with Crippen LogP contribution >= 0.6 is 0 Å². The Balaban J connectivity index is 1.47. The first-order valence-electron chi connectivity index (χ1n) is 9.63. The van der Waals surface area contributed by atoms with Crippen LogP contribution in [0.5, 0.6) is 5.75 Å². The molecule has 0 radical (unpaired) electrons. The summed E-state index contributed by atoms with van der Waals surface area (Å²) in [6, 6.07) is 11.3. The molecule has 0 spiro atoms. The minimum absolute atomic E-state index is 0.131. The van der Waals surface area contributed by atoms with E-state index < -0.39 is 0 Å². The number of carbonyl (C=O) groups excluding carboxylic acids is 1. The number of pyridine rings is 1. The molecule has 1 aliphatic heterocycles. The van der Waals surface area contributed by atoms with Crippen LogP contribution in [0.3, 0.4) is 0 Å². The van der Waals surface area contributed by atoms with Gasteiger partial charge < -0.3 is 20.1 Å².